The van der Waals surface area contributed by atoms with Gasteiger partial charge in [0.15, 0.2) is 0 Å². The Morgan fingerprint density at radius 1 is 1.55 bits per heavy atom. The zero-order valence-corrected chi connectivity index (χ0v) is 11.7. The first kappa shape index (κ1) is 16.2. The number of carboxylic acids is 1. The number of carbonyl (C=O) groups is 1. The van der Waals surface area contributed by atoms with Gasteiger partial charge >= 0.3 is 5.97 Å². The molecule has 1 aromatic rings. The lowest BCUT2D eigenvalue weighted by Crippen LogP contribution is -2.32. The van der Waals surface area contributed by atoms with Gasteiger partial charge in [-0.2, -0.15) is 0 Å². The highest BCUT2D eigenvalue weighted by Crippen LogP contribution is 2.33. The highest BCUT2D eigenvalue weighted by molar-refractivity contribution is 6.31. The van der Waals surface area contributed by atoms with Crippen molar-refractivity contribution in [1.82, 2.24) is 0 Å². The molecule has 0 heterocycles. The van der Waals surface area contributed by atoms with E-state index in [9.17, 15) is 19.3 Å². The number of hydrogen-bond acceptors (Lipinski definition) is 4. The van der Waals surface area contributed by atoms with Crippen molar-refractivity contribution in [3.8, 4) is 0 Å². The highest BCUT2D eigenvalue weighted by Gasteiger charge is 2.25. The van der Waals surface area contributed by atoms with Gasteiger partial charge in [-0.3, -0.25) is 14.9 Å². The van der Waals surface area contributed by atoms with Gasteiger partial charge in [-0.05, 0) is 20.3 Å². The molecule has 110 valence electrons. The van der Waals surface area contributed by atoms with Crippen LogP contribution in [0.2, 0.25) is 5.02 Å². The fourth-order valence-electron chi connectivity index (χ4n) is 1.63. The van der Waals surface area contributed by atoms with Gasteiger partial charge in [0.1, 0.15) is 11.5 Å². The molecule has 0 radical (unpaired) electrons. The first-order chi connectivity index (χ1) is 9.12. The summed E-state index contributed by atoms with van der Waals surface area (Å²) < 4.78 is 13.4. The predicted molar refractivity (Wildman–Crippen MR) is 72.6 cm³/mol. The Labute approximate surface area is 119 Å². The number of nitro groups is 1. The van der Waals surface area contributed by atoms with Crippen molar-refractivity contribution in [2.24, 2.45) is 0 Å². The Kier molecular flexibility index (Phi) is 4.88. The molecule has 0 bridgehead atoms. The van der Waals surface area contributed by atoms with Crippen LogP contribution in [0.15, 0.2) is 12.1 Å². The molecule has 1 rings (SSSR count). The largest absolute Gasteiger partial charge is 0.481 e. The number of nitrogens with zero attached hydrogens (tertiary/aromatic N) is 1. The first-order valence-corrected chi connectivity index (χ1v) is 6.13. The molecule has 0 aromatic heterocycles. The molecule has 0 fully saturated rings. The molecule has 0 atom stereocenters. The maximum Gasteiger partial charge on any atom is 0.303 e. The quantitative estimate of drug-likeness (QED) is 0.620. The van der Waals surface area contributed by atoms with Gasteiger partial charge in [0.25, 0.3) is 5.69 Å². The zero-order chi connectivity index (χ0) is 15.5. The predicted octanol–water partition coefficient (Wildman–Crippen LogP) is 3.44. The fourth-order valence-corrected chi connectivity index (χ4v) is 1.79. The van der Waals surface area contributed by atoms with Crippen molar-refractivity contribution in [3.63, 3.8) is 0 Å². The summed E-state index contributed by atoms with van der Waals surface area (Å²) in [6, 6.07) is 1.86. The smallest absolute Gasteiger partial charge is 0.303 e. The van der Waals surface area contributed by atoms with Crippen molar-refractivity contribution >= 4 is 28.9 Å². The van der Waals surface area contributed by atoms with Gasteiger partial charge in [0, 0.05) is 24.1 Å². The van der Waals surface area contributed by atoms with E-state index in [4.69, 9.17) is 16.7 Å². The van der Waals surface area contributed by atoms with E-state index in [1.54, 1.807) is 13.8 Å². The summed E-state index contributed by atoms with van der Waals surface area (Å²) in [7, 11) is 0. The minimum atomic E-state index is -0.975. The van der Waals surface area contributed by atoms with Crippen LogP contribution in [0.5, 0.6) is 0 Å². The molecule has 0 saturated carbocycles. The SMILES string of the molecule is CC(C)(CCC(=O)O)Nc1cc(F)c(Cl)cc1[N+](=O)[O-]. The molecule has 0 aliphatic heterocycles. The van der Waals surface area contributed by atoms with Crippen LogP contribution in [-0.2, 0) is 4.79 Å². The highest BCUT2D eigenvalue weighted by atomic mass is 35.5. The van der Waals surface area contributed by atoms with E-state index in [-0.39, 0.29) is 29.2 Å². The van der Waals surface area contributed by atoms with Crippen LogP contribution >= 0.6 is 11.6 Å². The molecule has 0 unspecified atom stereocenters. The van der Waals surface area contributed by atoms with Gasteiger partial charge in [-0.15, -0.1) is 0 Å². The Morgan fingerprint density at radius 3 is 2.65 bits per heavy atom. The maximum absolute atomic E-state index is 13.4. The van der Waals surface area contributed by atoms with Crippen LogP contribution in [0.4, 0.5) is 15.8 Å². The van der Waals surface area contributed by atoms with E-state index in [0.717, 1.165) is 12.1 Å². The van der Waals surface area contributed by atoms with Crippen LogP contribution < -0.4 is 5.32 Å². The Morgan fingerprint density at radius 2 is 2.15 bits per heavy atom. The fraction of sp³-hybridized carbons (Fsp3) is 0.417. The summed E-state index contributed by atoms with van der Waals surface area (Å²) in [5.74, 6) is -1.76. The number of nitro benzene ring substituents is 1. The monoisotopic (exact) mass is 304 g/mol. The maximum atomic E-state index is 13.4. The Hall–Kier alpha value is -1.89. The number of halogens is 2. The lowest BCUT2D eigenvalue weighted by molar-refractivity contribution is -0.384. The number of aliphatic carboxylic acids is 1. The molecule has 0 spiro atoms. The van der Waals surface area contributed by atoms with Gasteiger partial charge < -0.3 is 10.4 Å². The van der Waals surface area contributed by atoms with Gasteiger partial charge in [0.2, 0.25) is 0 Å². The molecular weight excluding hydrogens is 291 g/mol. The van der Waals surface area contributed by atoms with Crippen molar-refractivity contribution in [2.45, 2.75) is 32.2 Å². The average Bonchev–Trinajstić information content (AvgIpc) is 2.30. The van der Waals surface area contributed by atoms with Gasteiger partial charge in [0.05, 0.1) is 9.95 Å². The third-order valence-corrected chi connectivity index (χ3v) is 2.96. The zero-order valence-electron chi connectivity index (χ0n) is 10.9. The van der Waals surface area contributed by atoms with Gasteiger partial charge in [-0.25, -0.2) is 4.39 Å². The lowest BCUT2D eigenvalue weighted by atomic mass is 9.97. The first-order valence-electron chi connectivity index (χ1n) is 5.76. The third-order valence-electron chi connectivity index (χ3n) is 2.67. The third kappa shape index (κ3) is 4.34. The number of nitrogens with one attached hydrogen (secondary N) is 1. The van der Waals surface area contributed by atoms with Crippen LogP contribution in [0.1, 0.15) is 26.7 Å². The summed E-state index contributed by atoms with van der Waals surface area (Å²) in [6.45, 7) is 3.35. The number of anilines is 1. The topological polar surface area (TPSA) is 92.5 Å². The summed E-state index contributed by atoms with van der Waals surface area (Å²) in [5, 5.41) is 22.0. The summed E-state index contributed by atoms with van der Waals surface area (Å²) in [6.07, 6.45) is 0.119. The van der Waals surface area contributed by atoms with E-state index < -0.39 is 22.2 Å². The summed E-state index contributed by atoms with van der Waals surface area (Å²) in [4.78, 5) is 20.8. The molecule has 20 heavy (non-hydrogen) atoms. The molecule has 1 aromatic carbocycles. The molecule has 8 heteroatoms. The molecule has 0 saturated heterocycles. The van der Waals surface area contributed by atoms with Crippen LogP contribution in [0.25, 0.3) is 0 Å². The molecular formula is C12H14ClFN2O4. The number of hydrogen-bond donors (Lipinski definition) is 2. The van der Waals surface area contributed by atoms with Crippen molar-refractivity contribution in [3.05, 3.63) is 33.1 Å². The van der Waals surface area contributed by atoms with Crippen LogP contribution in [0, 0.1) is 15.9 Å². The second-order valence-corrected chi connectivity index (χ2v) is 5.35. The number of carboxylic acid groups (broad SMARTS) is 1. The molecule has 0 amide bonds. The van der Waals surface area contributed by atoms with Crippen molar-refractivity contribution in [2.75, 3.05) is 5.32 Å². The normalized spacial score (nSPS) is 11.2. The minimum absolute atomic E-state index is 0.0349. The average molecular weight is 305 g/mol. The summed E-state index contributed by atoms with van der Waals surface area (Å²) >= 11 is 5.52. The number of rotatable bonds is 6. The standard InChI is InChI=1S/C12H14ClFN2O4/c1-12(2,4-3-11(17)18)15-9-6-8(14)7(13)5-10(9)16(19)20/h5-6,15H,3-4H2,1-2H3,(H,17,18). The van der Waals surface area contributed by atoms with Crippen LogP contribution in [0.3, 0.4) is 0 Å². The van der Waals surface area contributed by atoms with Gasteiger partial charge in [-0.1, -0.05) is 11.6 Å². The van der Waals surface area contributed by atoms with E-state index in [0.29, 0.717) is 0 Å². The second kappa shape index (κ2) is 6.04. The van der Waals surface area contributed by atoms with E-state index >= 15 is 0 Å². The van der Waals surface area contributed by atoms with E-state index in [1.165, 1.54) is 0 Å². The molecule has 2 N–H and O–H groups in total. The number of benzene rings is 1. The molecule has 0 aliphatic rings. The van der Waals surface area contributed by atoms with Crippen molar-refractivity contribution in [1.29, 1.82) is 0 Å². The molecule has 6 nitrogen and oxygen atoms in total. The Bertz CT molecular complexity index is 549. The Balaban J connectivity index is 3.04. The molecule has 0 aliphatic carbocycles. The van der Waals surface area contributed by atoms with E-state index in [1.807, 2.05) is 0 Å². The van der Waals surface area contributed by atoms with Crippen LogP contribution in [-0.4, -0.2) is 21.5 Å². The van der Waals surface area contributed by atoms with E-state index in [2.05, 4.69) is 5.32 Å². The summed E-state index contributed by atoms with van der Waals surface area (Å²) in [5.41, 5.74) is -1.14. The second-order valence-electron chi connectivity index (χ2n) is 4.94. The minimum Gasteiger partial charge on any atom is -0.481 e. The lowest BCUT2D eigenvalue weighted by Gasteiger charge is -2.26. The van der Waals surface area contributed by atoms with Crippen molar-refractivity contribution < 1.29 is 19.2 Å².